The van der Waals surface area contributed by atoms with Gasteiger partial charge < -0.3 is 9.26 Å². The zero-order valence-corrected chi connectivity index (χ0v) is 16.1. The van der Waals surface area contributed by atoms with Gasteiger partial charge >= 0.3 is 6.09 Å². The van der Waals surface area contributed by atoms with Crippen molar-refractivity contribution in [3.63, 3.8) is 0 Å². The summed E-state index contributed by atoms with van der Waals surface area (Å²) in [5.74, 6) is 1.00. The van der Waals surface area contributed by atoms with Crippen LogP contribution in [-0.4, -0.2) is 33.3 Å². The lowest BCUT2D eigenvalue weighted by molar-refractivity contribution is 0.0199. The average molecular weight is 441 g/mol. The molecule has 1 saturated heterocycles. The van der Waals surface area contributed by atoms with E-state index in [0.717, 1.165) is 22.0 Å². The Balaban J connectivity index is 1.78. The standard InChI is InChI=1S/C17H20IN3O3/c1-17(2,3)23-16(22)21-10-4-5-13(21)15-19-14(20-24-15)11-6-8-12(18)9-7-11/h6-9,13H,4-5,10H2,1-3H3/t13-/m0/s1. The number of hydrogen-bond donors (Lipinski definition) is 0. The fourth-order valence-electron chi connectivity index (χ4n) is 2.65. The van der Waals surface area contributed by atoms with Crippen molar-refractivity contribution in [2.75, 3.05) is 6.54 Å². The minimum atomic E-state index is -0.522. The molecule has 1 aromatic heterocycles. The highest BCUT2D eigenvalue weighted by atomic mass is 127. The second-order valence-corrected chi connectivity index (χ2v) is 8.04. The molecule has 2 heterocycles. The maximum absolute atomic E-state index is 12.4. The van der Waals surface area contributed by atoms with Gasteiger partial charge in [0, 0.05) is 15.7 Å². The first-order valence-corrected chi connectivity index (χ1v) is 9.00. The number of hydrogen-bond acceptors (Lipinski definition) is 5. The van der Waals surface area contributed by atoms with E-state index < -0.39 is 5.60 Å². The molecule has 0 bridgehead atoms. The van der Waals surface area contributed by atoms with Crippen LogP contribution in [0, 0.1) is 3.57 Å². The quantitative estimate of drug-likeness (QED) is 0.646. The first-order valence-electron chi connectivity index (χ1n) is 7.93. The van der Waals surface area contributed by atoms with Gasteiger partial charge in [0.1, 0.15) is 11.6 Å². The Hall–Kier alpha value is -1.64. The number of benzene rings is 1. The molecule has 1 atom stereocenters. The zero-order valence-electron chi connectivity index (χ0n) is 14.0. The van der Waals surface area contributed by atoms with Crippen LogP contribution < -0.4 is 0 Å². The van der Waals surface area contributed by atoms with Gasteiger partial charge in [-0.3, -0.25) is 4.90 Å². The van der Waals surface area contributed by atoms with Gasteiger partial charge in [-0.1, -0.05) is 17.3 Å². The van der Waals surface area contributed by atoms with Crippen molar-refractivity contribution in [2.45, 2.75) is 45.3 Å². The summed E-state index contributed by atoms with van der Waals surface area (Å²) in [4.78, 5) is 18.5. The minimum absolute atomic E-state index is 0.218. The molecule has 1 aromatic carbocycles. The van der Waals surface area contributed by atoms with Gasteiger partial charge in [-0.05, 0) is 68.3 Å². The third-order valence-corrected chi connectivity index (χ3v) is 4.43. The van der Waals surface area contributed by atoms with Crippen LogP contribution in [0.5, 0.6) is 0 Å². The van der Waals surface area contributed by atoms with Crippen LogP contribution in [0.3, 0.4) is 0 Å². The van der Waals surface area contributed by atoms with Crippen molar-refractivity contribution in [1.29, 1.82) is 0 Å². The molecular formula is C17H20IN3O3. The lowest BCUT2D eigenvalue weighted by Crippen LogP contribution is -2.36. The number of rotatable bonds is 2. The second-order valence-electron chi connectivity index (χ2n) is 6.79. The molecular weight excluding hydrogens is 421 g/mol. The van der Waals surface area contributed by atoms with Crippen molar-refractivity contribution >= 4 is 28.7 Å². The number of ether oxygens (including phenoxy) is 1. The van der Waals surface area contributed by atoms with Crippen molar-refractivity contribution in [1.82, 2.24) is 15.0 Å². The van der Waals surface area contributed by atoms with E-state index in [1.165, 1.54) is 0 Å². The molecule has 6 nitrogen and oxygen atoms in total. The van der Waals surface area contributed by atoms with Gasteiger partial charge in [0.05, 0.1) is 0 Å². The Kier molecular flexibility index (Phi) is 4.80. The normalized spacial score (nSPS) is 18.0. The summed E-state index contributed by atoms with van der Waals surface area (Å²) in [6, 6.07) is 7.68. The van der Waals surface area contributed by atoms with Crippen molar-refractivity contribution < 1.29 is 14.1 Å². The highest BCUT2D eigenvalue weighted by molar-refractivity contribution is 14.1. The number of halogens is 1. The molecule has 1 aliphatic rings. The monoisotopic (exact) mass is 441 g/mol. The van der Waals surface area contributed by atoms with Gasteiger partial charge in [-0.15, -0.1) is 0 Å². The summed E-state index contributed by atoms with van der Waals surface area (Å²) in [5, 5.41) is 4.06. The van der Waals surface area contributed by atoms with Crippen LogP contribution in [0.2, 0.25) is 0 Å². The van der Waals surface area contributed by atoms with Gasteiger partial charge in [0.15, 0.2) is 0 Å². The molecule has 0 spiro atoms. The lowest BCUT2D eigenvalue weighted by atomic mass is 10.2. The summed E-state index contributed by atoms with van der Waals surface area (Å²) in [6.07, 6.45) is 1.36. The zero-order chi connectivity index (χ0) is 17.3. The third kappa shape index (κ3) is 3.88. The van der Waals surface area contributed by atoms with Crippen LogP contribution in [0.15, 0.2) is 28.8 Å². The Bertz CT molecular complexity index is 721. The molecule has 128 valence electrons. The van der Waals surface area contributed by atoms with Crippen molar-refractivity contribution in [3.8, 4) is 11.4 Å². The summed E-state index contributed by atoms with van der Waals surface area (Å²) < 4.78 is 12.1. The Morgan fingerprint density at radius 3 is 2.71 bits per heavy atom. The Morgan fingerprint density at radius 1 is 1.33 bits per heavy atom. The molecule has 24 heavy (non-hydrogen) atoms. The molecule has 2 aromatic rings. The lowest BCUT2D eigenvalue weighted by Gasteiger charge is -2.26. The largest absolute Gasteiger partial charge is 0.444 e. The molecule has 1 amide bonds. The topological polar surface area (TPSA) is 68.5 Å². The molecule has 0 unspecified atom stereocenters. The Morgan fingerprint density at radius 2 is 2.04 bits per heavy atom. The van der Waals surface area contributed by atoms with E-state index in [1.807, 2.05) is 45.0 Å². The van der Waals surface area contributed by atoms with Gasteiger partial charge in [-0.2, -0.15) is 4.98 Å². The second kappa shape index (κ2) is 6.70. The van der Waals surface area contributed by atoms with E-state index in [0.29, 0.717) is 18.3 Å². The van der Waals surface area contributed by atoms with Crippen LogP contribution in [0.4, 0.5) is 4.79 Å². The summed E-state index contributed by atoms with van der Waals surface area (Å²) in [6.45, 7) is 6.22. The first kappa shape index (κ1) is 17.2. The highest BCUT2D eigenvalue weighted by Gasteiger charge is 2.36. The van der Waals surface area contributed by atoms with Crippen LogP contribution >= 0.6 is 22.6 Å². The number of carbonyl (C=O) groups is 1. The molecule has 7 heteroatoms. The predicted molar refractivity (Wildman–Crippen MR) is 97.4 cm³/mol. The summed E-state index contributed by atoms with van der Waals surface area (Å²) in [7, 11) is 0. The minimum Gasteiger partial charge on any atom is -0.444 e. The molecule has 0 saturated carbocycles. The molecule has 3 rings (SSSR count). The van der Waals surface area contributed by atoms with Crippen molar-refractivity contribution in [3.05, 3.63) is 33.7 Å². The van der Waals surface area contributed by atoms with E-state index >= 15 is 0 Å². The Labute approximate surface area is 154 Å². The van der Waals surface area contributed by atoms with Crippen LogP contribution in [0.1, 0.15) is 45.5 Å². The van der Waals surface area contributed by atoms with Crippen molar-refractivity contribution in [2.24, 2.45) is 0 Å². The van der Waals surface area contributed by atoms with E-state index in [9.17, 15) is 4.79 Å². The number of likely N-dealkylation sites (tertiary alicyclic amines) is 1. The van der Waals surface area contributed by atoms with E-state index in [2.05, 4.69) is 32.7 Å². The van der Waals surface area contributed by atoms with Crippen LogP contribution in [0.25, 0.3) is 11.4 Å². The maximum Gasteiger partial charge on any atom is 0.410 e. The highest BCUT2D eigenvalue weighted by Crippen LogP contribution is 2.33. The molecule has 0 aliphatic carbocycles. The number of carbonyl (C=O) groups excluding carboxylic acids is 1. The van der Waals surface area contributed by atoms with Gasteiger partial charge in [0.2, 0.25) is 11.7 Å². The SMILES string of the molecule is CC(C)(C)OC(=O)N1CCC[C@H]1c1nc(-c2ccc(I)cc2)no1. The first-order chi connectivity index (χ1) is 11.3. The summed E-state index contributed by atoms with van der Waals surface area (Å²) in [5.41, 5.74) is 0.373. The maximum atomic E-state index is 12.4. The molecule has 0 N–H and O–H groups in total. The fourth-order valence-corrected chi connectivity index (χ4v) is 3.01. The van der Waals surface area contributed by atoms with E-state index in [1.54, 1.807) is 4.90 Å². The van der Waals surface area contributed by atoms with Crippen LogP contribution in [-0.2, 0) is 4.74 Å². The molecule has 0 radical (unpaired) electrons. The fraction of sp³-hybridized carbons (Fsp3) is 0.471. The van der Waals surface area contributed by atoms with Gasteiger partial charge in [-0.25, -0.2) is 4.79 Å². The third-order valence-electron chi connectivity index (χ3n) is 3.71. The van der Waals surface area contributed by atoms with E-state index in [-0.39, 0.29) is 12.1 Å². The van der Waals surface area contributed by atoms with Gasteiger partial charge in [0.25, 0.3) is 0 Å². The number of amides is 1. The smallest absolute Gasteiger partial charge is 0.410 e. The van der Waals surface area contributed by atoms with E-state index in [4.69, 9.17) is 9.26 Å². The average Bonchev–Trinajstić information content (AvgIpc) is 3.15. The summed E-state index contributed by atoms with van der Waals surface area (Å²) >= 11 is 2.25. The molecule has 1 aliphatic heterocycles. The predicted octanol–water partition coefficient (Wildman–Crippen LogP) is 4.41. The molecule has 1 fully saturated rings. The number of aromatic nitrogens is 2. The number of nitrogens with zero attached hydrogens (tertiary/aromatic N) is 3.